The SMILES string of the molecule is CCOc1ccccc1-n1cc(C(=O)OC)c2nn(-c3ccccc3C)c(=O)c-2c1. The molecule has 0 bridgehead atoms. The lowest BCUT2D eigenvalue weighted by Gasteiger charge is -2.15. The van der Waals surface area contributed by atoms with E-state index in [1.54, 1.807) is 17.0 Å². The molecule has 0 N–H and O–H groups in total. The highest BCUT2D eigenvalue weighted by molar-refractivity contribution is 5.96. The molecule has 30 heavy (non-hydrogen) atoms. The molecule has 2 aromatic rings. The highest BCUT2D eigenvalue weighted by atomic mass is 16.5. The molecule has 2 aliphatic rings. The normalized spacial score (nSPS) is 10.9. The van der Waals surface area contributed by atoms with Gasteiger partial charge in [-0.05, 0) is 37.6 Å². The van der Waals surface area contributed by atoms with Crippen LogP contribution in [0, 0.1) is 6.92 Å². The molecule has 0 spiro atoms. The molecule has 0 aromatic heterocycles. The van der Waals surface area contributed by atoms with E-state index in [9.17, 15) is 9.59 Å². The zero-order valence-corrected chi connectivity index (χ0v) is 17.0. The first-order valence-electron chi connectivity index (χ1n) is 9.56. The Morgan fingerprint density at radius 1 is 1.03 bits per heavy atom. The molecular weight excluding hydrogens is 382 g/mol. The fourth-order valence-electron chi connectivity index (χ4n) is 3.42. The first kappa shape index (κ1) is 19.4. The van der Waals surface area contributed by atoms with E-state index in [0.717, 1.165) is 5.56 Å². The van der Waals surface area contributed by atoms with E-state index < -0.39 is 5.97 Å². The van der Waals surface area contributed by atoms with Crippen molar-refractivity contribution in [2.75, 3.05) is 13.7 Å². The average Bonchev–Trinajstić information content (AvgIpc) is 3.10. The van der Waals surface area contributed by atoms with Gasteiger partial charge in [0.1, 0.15) is 17.0 Å². The number of ether oxygens (including phenoxy) is 2. The number of aromatic nitrogens is 3. The van der Waals surface area contributed by atoms with Crippen molar-refractivity contribution in [2.45, 2.75) is 13.8 Å². The molecule has 152 valence electrons. The second kappa shape index (κ2) is 7.87. The van der Waals surface area contributed by atoms with Crippen LogP contribution < -0.4 is 10.3 Å². The largest absolute Gasteiger partial charge is 0.492 e. The van der Waals surface area contributed by atoms with Gasteiger partial charge in [0.25, 0.3) is 5.56 Å². The molecule has 4 rings (SSSR count). The summed E-state index contributed by atoms with van der Waals surface area (Å²) in [5.41, 5.74) is 2.76. The van der Waals surface area contributed by atoms with Gasteiger partial charge in [0.05, 0.1) is 30.7 Å². The zero-order chi connectivity index (χ0) is 21.3. The van der Waals surface area contributed by atoms with Crippen LogP contribution in [0.5, 0.6) is 5.75 Å². The van der Waals surface area contributed by atoms with Crippen molar-refractivity contribution in [1.82, 2.24) is 14.3 Å². The molecule has 0 amide bonds. The Hall–Kier alpha value is -3.87. The van der Waals surface area contributed by atoms with E-state index >= 15 is 0 Å². The van der Waals surface area contributed by atoms with E-state index in [0.29, 0.717) is 35.0 Å². The molecule has 2 aromatic carbocycles. The smallest absolute Gasteiger partial charge is 0.341 e. The minimum atomic E-state index is -0.572. The number of carbonyl (C=O) groups excluding carboxylic acids is 1. The molecule has 0 fully saturated rings. The quantitative estimate of drug-likeness (QED) is 0.476. The van der Waals surface area contributed by atoms with Crippen molar-refractivity contribution in [3.05, 3.63) is 82.4 Å². The van der Waals surface area contributed by atoms with Crippen LogP contribution in [0.3, 0.4) is 0 Å². The van der Waals surface area contributed by atoms with E-state index in [4.69, 9.17) is 9.47 Å². The summed E-state index contributed by atoms with van der Waals surface area (Å²) in [6, 6.07) is 14.9. The first-order valence-corrected chi connectivity index (χ1v) is 9.56. The lowest BCUT2D eigenvalue weighted by Crippen LogP contribution is -2.16. The van der Waals surface area contributed by atoms with E-state index in [-0.39, 0.29) is 11.1 Å². The maximum atomic E-state index is 13.2. The van der Waals surface area contributed by atoms with Gasteiger partial charge in [-0.15, -0.1) is 0 Å². The van der Waals surface area contributed by atoms with E-state index in [2.05, 4.69) is 5.10 Å². The maximum absolute atomic E-state index is 13.2. The fraction of sp³-hybridized carbons (Fsp3) is 0.174. The van der Waals surface area contributed by atoms with Gasteiger partial charge in [0.15, 0.2) is 0 Å². The number of para-hydroxylation sites is 3. The van der Waals surface area contributed by atoms with Crippen LogP contribution >= 0.6 is 0 Å². The zero-order valence-electron chi connectivity index (χ0n) is 17.0. The number of rotatable bonds is 5. The lowest BCUT2D eigenvalue weighted by atomic mass is 10.1. The molecule has 0 unspecified atom stereocenters. The van der Waals surface area contributed by atoms with Gasteiger partial charge in [-0.2, -0.15) is 9.78 Å². The fourth-order valence-corrected chi connectivity index (χ4v) is 3.42. The van der Waals surface area contributed by atoms with Crippen LogP contribution in [0.25, 0.3) is 22.6 Å². The minimum absolute atomic E-state index is 0.200. The van der Waals surface area contributed by atoms with Crippen molar-refractivity contribution in [3.8, 4) is 28.4 Å². The van der Waals surface area contributed by atoms with Gasteiger partial charge >= 0.3 is 5.97 Å². The van der Waals surface area contributed by atoms with Crippen LogP contribution in [-0.4, -0.2) is 34.0 Å². The van der Waals surface area contributed by atoms with Gasteiger partial charge in [-0.1, -0.05) is 30.3 Å². The Bertz CT molecular complexity index is 1260. The predicted molar refractivity (Wildman–Crippen MR) is 113 cm³/mol. The topological polar surface area (TPSA) is 75.3 Å². The molecular formula is C23H21N3O4. The summed E-state index contributed by atoms with van der Waals surface area (Å²) in [6.07, 6.45) is 3.28. The summed E-state index contributed by atoms with van der Waals surface area (Å²) in [5, 5.41) is 4.46. The monoisotopic (exact) mass is 403 g/mol. The summed E-state index contributed by atoms with van der Waals surface area (Å²) >= 11 is 0. The summed E-state index contributed by atoms with van der Waals surface area (Å²) in [7, 11) is 1.30. The number of aryl methyl sites for hydroxylation is 1. The third-order valence-electron chi connectivity index (χ3n) is 4.86. The number of pyridine rings is 1. The number of hydrogen-bond acceptors (Lipinski definition) is 5. The van der Waals surface area contributed by atoms with Crippen LogP contribution in [0.1, 0.15) is 22.8 Å². The van der Waals surface area contributed by atoms with Crippen LogP contribution in [0.15, 0.2) is 65.7 Å². The number of fused-ring (bicyclic) bond motifs is 1. The average molecular weight is 403 g/mol. The highest BCUT2D eigenvalue weighted by Crippen LogP contribution is 2.28. The standard InChI is InChI=1S/C23H21N3O4/c1-4-30-20-12-8-7-11-19(20)25-13-16-21(17(14-25)23(28)29-3)24-26(22(16)27)18-10-6-5-9-15(18)2/h5-14H,4H2,1-3H3. The van der Waals surface area contributed by atoms with Gasteiger partial charge < -0.3 is 14.0 Å². The number of methoxy groups -OCH3 is 1. The number of esters is 1. The van der Waals surface area contributed by atoms with Crippen LogP contribution in [0.2, 0.25) is 0 Å². The third kappa shape index (κ3) is 3.24. The minimum Gasteiger partial charge on any atom is -0.492 e. The number of nitrogens with zero attached hydrogens (tertiary/aromatic N) is 3. The molecule has 2 aliphatic heterocycles. The van der Waals surface area contributed by atoms with Crippen LogP contribution in [0.4, 0.5) is 0 Å². The van der Waals surface area contributed by atoms with Crippen molar-refractivity contribution in [2.24, 2.45) is 0 Å². The van der Waals surface area contributed by atoms with Gasteiger partial charge in [-0.3, -0.25) is 4.79 Å². The van der Waals surface area contributed by atoms with Crippen molar-refractivity contribution in [1.29, 1.82) is 0 Å². The molecule has 0 saturated heterocycles. The summed E-state index contributed by atoms with van der Waals surface area (Å²) in [5.74, 6) is 0.0663. The number of benzene rings is 2. The van der Waals surface area contributed by atoms with Gasteiger partial charge in [0, 0.05) is 12.4 Å². The van der Waals surface area contributed by atoms with Crippen molar-refractivity contribution < 1.29 is 14.3 Å². The van der Waals surface area contributed by atoms with E-state index in [1.807, 2.05) is 62.4 Å². The second-order valence-electron chi connectivity index (χ2n) is 6.74. The molecule has 0 atom stereocenters. The summed E-state index contributed by atoms with van der Waals surface area (Å²) < 4.78 is 13.7. The van der Waals surface area contributed by atoms with Gasteiger partial charge in [0.2, 0.25) is 0 Å². The predicted octanol–water partition coefficient (Wildman–Crippen LogP) is 3.62. The Kier molecular flexibility index (Phi) is 5.10. The van der Waals surface area contributed by atoms with E-state index in [1.165, 1.54) is 11.8 Å². The number of carbonyl (C=O) groups is 1. The molecule has 2 heterocycles. The molecule has 0 radical (unpaired) electrons. The second-order valence-corrected chi connectivity index (χ2v) is 6.74. The highest BCUT2D eigenvalue weighted by Gasteiger charge is 2.26. The number of hydrogen-bond donors (Lipinski definition) is 0. The van der Waals surface area contributed by atoms with Crippen molar-refractivity contribution >= 4 is 5.97 Å². The maximum Gasteiger partial charge on any atom is 0.341 e. The molecule has 0 aliphatic carbocycles. The van der Waals surface area contributed by atoms with Gasteiger partial charge in [-0.25, -0.2) is 4.79 Å². The Morgan fingerprint density at radius 2 is 1.73 bits per heavy atom. The Morgan fingerprint density at radius 3 is 2.43 bits per heavy atom. The van der Waals surface area contributed by atoms with Crippen molar-refractivity contribution in [3.63, 3.8) is 0 Å². The molecule has 0 saturated carbocycles. The lowest BCUT2D eigenvalue weighted by molar-refractivity contribution is 0.0600. The van der Waals surface area contributed by atoms with Crippen LogP contribution in [-0.2, 0) is 4.74 Å². The Balaban J connectivity index is 2.01. The molecule has 7 heteroatoms. The summed E-state index contributed by atoms with van der Waals surface area (Å²) in [4.78, 5) is 25.8. The first-order chi connectivity index (χ1) is 14.5. The summed E-state index contributed by atoms with van der Waals surface area (Å²) in [6.45, 7) is 4.29. The third-order valence-corrected chi connectivity index (χ3v) is 4.86. The molecule has 7 nitrogen and oxygen atoms in total. The Labute approximate surface area is 173 Å².